The molecule has 0 spiro atoms. The Bertz CT molecular complexity index is 633. The molecule has 2 rings (SSSR count). The summed E-state index contributed by atoms with van der Waals surface area (Å²) < 4.78 is 9.33. The van der Waals surface area contributed by atoms with E-state index in [-0.39, 0.29) is 28.5 Å². The zero-order valence-electron chi connectivity index (χ0n) is 12.0. The number of hydrogen-bond acceptors (Lipinski definition) is 8. The van der Waals surface area contributed by atoms with Gasteiger partial charge in [-0.25, -0.2) is 4.79 Å². The third-order valence-corrected chi connectivity index (χ3v) is 4.17. The predicted octanol–water partition coefficient (Wildman–Crippen LogP) is 1.62. The molecule has 7 nitrogen and oxygen atoms in total. The van der Waals surface area contributed by atoms with Gasteiger partial charge in [-0.3, -0.25) is 9.59 Å². The molecule has 0 amide bonds. The van der Waals surface area contributed by atoms with Gasteiger partial charge < -0.3 is 14.4 Å². The van der Waals surface area contributed by atoms with Crippen molar-refractivity contribution in [3.8, 4) is 0 Å². The minimum Gasteiger partial charge on any atom is -0.464 e. The van der Waals surface area contributed by atoms with E-state index in [9.17, 15) is 14.4 Å². The van der Waals surface area contributed by atoms with Gasteiger partial charge in [-0.1, -0.05) is 11.6 Å². The molecule has 0 aliphatic heterocycles. The quantitative estimate of drug-likeness (QED) is 0.595. The molecule has 0 bridgehead atoms. The molecule has 1 heterocycles. The molecule has 8 heteroatoms. The van der Waals surface area contributed by atoms with Gasteiger partial charge in [0.1, 0.15) is 5.56 Å². The molecule has 0 fully saturated rings. The lowest BCUT2D eigenvalue weighted by Gasteiger charge is -2.10. The molecule has 1 N–H and O–H groups in total. The van der Waals surface area contributed by atoms with Gasteiger partial charge in [-0.05, 0) is 18.6 Å². The first kappa shape index (κ1) is 16.4. The van der Waals surface area contributed by atoms with E-state index >= 15 is 0 Å². The highest BCUT2D eigenvalue weighted by Gasteiger charge is 2.36. The van der Waals surface area contributed by atoms with Gasteiger partial charge in [0, 0.05) is 12.7 Å². The number of Topliss-reactive ketones (excluding diaryl/α,β-unsaturated/α-hetero) is 1. The van der Waals surface area contributed by atoms with Crippen LogP contribution in [0.15, 0.2) is 15.5 Å². The first-order chi connectivity index (χ1) is 10.6. The van der Waals surface area contributed by atoms with Crippen molar-refractivity contribution >= 4 is 29.3 Å². The average molecular weight is 325 g/mol. The second kappa shape index (κ2) is 7.37. The molecule has 0 saturated carbocycles. The summed E-state index contributed by atoms with van der Waals surface area (Å²) >= 11 is 1.24. The molecule has 22 heavy (non-hydrogen) atoms. The number of rotatable bonds is 7. The summed E-state index contributed by atoms with van der Waals surface area (Å²) in [6, 6.07) is 0. The fourth-order valence-corrected chi connectivity index (χ4v) is 2.95. The molecule has 0 radical (unpaired) electrons. The number of methoxy groups -OCH3 is 1. The van der Waals surface area contributed by atoms with Crippen molar-refractivity contribution in [2.45, 2.75) is 19.3 Å². The second-order valence-corrected chi connectivity index (χ2v) is 5.70. The minimum atomic E-state index is -0.819. The van der Waals surface area contributed by atoms with Crippen LogP contribution >= 0.6 is 11.8 Å². The number of thioether (sulfide) groups is 1. The van der Waals surface area contributed by atoms with Gasteiger partial charge in [0.15, 0.2) is 0 Å². The van der Waals surface area contributed by atoms with Gasteiger partial charge in [0.25, 0.3) is 0 Å². The number of aromatic nitrogens is 1. The average Bonchev–Trinajstić information content (AvgIpc) is 2.96. The maximum Gasteiger partial charge on any atom is 0.361 e. The standard InChI is InChI=1S/C14H15NO6S/c1-20-14(19)11-10-12(18)9(22-6-4-2-3-5-16)7-8(17)13(10)21-15-11/h7,16H,2-6H2,1H3. The Hall–Kier alpha value is -1.93. The number of hydrogen-bond donors (Lipinski definition) is 1. The van der Waals surface area contributed by atoms with Gasteiger partial charge in [-0.15, -0.1) is 11.8 Å². The van der Waals surface area contributed by atoms with E-state index in [0.29, 0.717) is 12.2 Å². The summed E-state index contributed by atoms with van der Waals surface area (Å²) in [5.41, 5.74) is -0.403. The zero-order chi connectivity index (χ0) is 16.1. The Labute approximate surface area is 130 Å². The lowest BCUT2D eigenvalue weighted by Crippen LogP contribution is -2.17. The minimum absolute atomic E-state index is 0.128. The lowest BCUT2D eigenvalue weighted by atomic mass is 10.00. The highest BCUT2D eigenvalue weighted by atomic mass is 32.2. The summed E-state index contributed by atoms with van der Waals surface area (Å²) in [7, 11) is 1.16. The number of esters is 1. The van der Waals surface area contributed by atoms with Crippen LogP contribution in [-0.4, -0.2) is 47.3 Å². The van der Waals surface area contributed by atoms with Crippen LogP contribution in [0, 0.1) is 0 Å². The molecule has 0 unspecified atom stereocenters. The number of carbonyl (C=O) groups excluding carboxylic acids is 3. The van der Waals surface area contributed by atoms with Crippen LogP contribution in [-0.2, 0) is 4.74 Å². The Morgan fingerprint density at radius 2 is 2.14 bits per heavy atom. The number of nitrogens with zero attached hydrogens (tertiary/aromatic N) is 1. The van der Waals surface area contributed by atoms with Crippen molar-refractivity contribution in [3.05, 3.63) is 28.0 Å². The second-order valence-electron chi connectivity index (χ2n) is 4.56. The van der Waals surface area contributed by atoms with Gasteiger partial charge >= 0.3 is 5.97 Å². The predicted molar refractivity (Wildman–Crippen MR) is 78.0 cm³/mol. The highest BCUT2D eigenvalue weighted by molar-refractivity contribution is 8.04. The maximum atomic E-state index is 12.4. The van der Waals surface area contributed by atoms with E-state index in [1.165, 1.54) is 17.8 Å². The Morgan fingerprint density at radius 3 is 2.82 bits per heavy atom. The number of unbranched alkanes of at least 4 members (excludes halogenated alkanes) is 2. The monoisotopic (exact) mass is 325 g/mol. The molecular weight excluding hydrogens is 310 g/mol. The number of allylic oxidation sites excluding steroid dienone is 2. The van der Waals surface area contributed by atoms with Crippen molar-refractivity contribution in [1.29, 1.82) is 0 Å². The Kier molecular flexibility index (Phi) is 5.51. The molecule has 1 aliphatic carbocycles. The largest absolute Gasteiger partial charge is 0.464 e. The van der Waals surface area contributed by atoms with E-state index < -0.39 is 17.5 Å². The maximum absolute atomic E-state index is 12.4. The third kappa shape index (κ3) is 3.28. The topological polar surface area (TPSA) is 107 Å². The van der Waals surface area contributed by atoms with E-state index in [0.717, 1.165) is 20.0 Å². The van der Waals surface area contributed by atoms with E-state index in [2.05, 4.69) is 9.89 Å². The molecule has 0 atom stereocenters. The van der Waals surface area contributed by atoms with Crippen LogP contribution in [0.4, 0.5) is 0 Å². The summed E-state index contributed by atoms with van der Waals surface area (Å²) in [5.74, 6) is -1.35. The fourth-order valence-electron chi connectivity index (χ4n) is 1.96. The first-order valence-electron chi connectivity index (χ1n) is 6.72. The number of aliphatic hydroxyl groups excluding tert-OH is 1. The van der Waals surface area contributed by atoms with E-state index in [1.54, 1.807) is 0 Å². The van der Waals surface area contributed by atoms with Crippen molar-refractivity contribution in [2.75, 3.05) is 19.5 Å². The number of ketones is 2. The summed E-state index contributed by atoms with van der Waals surface area (Å²) in [6.45, 7) is 0.136. The van der Waals surface area contributed by atoms with Gasteiger partial charge in [-0.2, -0.15) is 0 Å². The zero-order valence-corrected chi connectivity index (χ0v) is 12.8. The number of ether oxygens (including phenoxy) is 1. The fraction of sp³-hybridized carbons (Fsp3) is 0.429. The Balaban J connectivity index is 2.13. The molecule has 1 aliphatic rings. The van der Waals surface area contributed by atoms with Crippen LogP contribution in [0.5, 0.6) is 0 Å². The van der Waals surface area contributed by atoms with Crippen molar-refractivity contribution in [1.82, 2.24) is 5.16 Å². The molecule has 0 saturated heterocycles. The van der Waals surface area contributed by atoms with Crippen LogP contribution < -0.4 is 0 Å². The number of carbonyl (C=O) groups is 3. The van der Waals surface area contributed by atoms with E-state index in [1.807, 2.05) is 0 Å². The summed E-state index contributed by atoms with van der Waals surface area (Å²) in [6.07, 6.45) is 3.55. The van der Waals surface area contributed by atoms with Crippen LogP contribution in [0.2, 0.25) is 0 Å². The number of fused-ring (bicyclic) bond motifs is 1. The normalized spacial score (nSPS) is 13.8. The van der Waals surface area contributed by atoms with Crippen molar-refractivity contribution < 1.29 is 28.8 Å². The van der Waals surface area contributed by atoms with E-state index in [4.69, 9.17) is 9.63 Å². The van der Waals surface area contributed by atoms with Crippen molar-refractivity contribution in [2.24, 2.45) is 0 Å². The van der Waals surface area contributed by atoms with Crippen LogP contribution in [0.25, 0.3) is 0 Å². The molecule has 1 aromatic heterocycles. The van der Waals surface area contributed by atoms with Gasteiger partial charge in [0.2, 0.25) is 23.0 Å². The Morgan fingerprint density at radius 1 is 1.36 bits per heavy atom. The molecule has 1 aromatic rings. The molecule has 0 aromatic carbocycles. The number of aliphatic hydroxyl groups is 1. The lowest BCUT2D eigenvalue weighted by molar-refractivity contribution is 0.0586. The molecular formula is C14H15NO6S. The molecule has 118 valence electrons. The smallest absolute Gasteiger partial charge is 0.361 e. The van der Waals surface area contributed by atoms with Crippen LogP contribution in [0.3, 0.4) is 0 Å². The first-order valence-corrected chi connectivity index (χ1v) is 7.71. The SMILES string of the molecule is COC(=O)c1noc2c1C(=O)C(SCCCCCO)=CC2=O. The van der Waals surface area contributed by atoms with Crippen molar-refractivity contribution in [3.63, 3.8) is 0 Å². The van der Waals surface area contributed by atoms with Gasteiger partial charge in [0.05, 0.1) is 12.0 Å². The van der Waals surface area contributed by atoms with Crippen LogP contribution in [0.1, 0.15) is 50.7 Å². The highest BCUT2D eigenvalue weighted by Crippen LogP contribution is 2.31. The third-order valence-electron chi connectivity index (χ3n) is 3.07. The summed E-state index contributed by atoms with van der Waals surface area (Å²) in [4.78, 5) is 36.2. The summed E-state index contributed by atoms with van der Waals surface area (Å²) in [5, 5.41) is 12.2.